The quantitative estimate of drug-likeness (QED) is 0.199. The van der Waals surface area contributed by atoms with Crippen molar-refractivity contribution in [3.05, 3.63) is 0 Å². The van der Waals surface area contributed by atoms with Gasteiger partial charge in [0.05, 0.1) is 13.2 Å². The molecule has 1 aliphatic heterocycles. The molecular formula is C12H24O12. The molecule has 9 atom stereocenters. The van der Waals surface area contributed by atoms with E-state index < -0.39 is 68.3 Å². The van der Waals surface area contributed by atoms with Gasteiger partial charge in [-0.2, -0.15) is 0 Å². The maximum atomic E-state index is 9.90. The largest absolute Gasteiger partial charge is 0.394 e. The van der Waals surface area contributed by atoms with E-state index in [-0.39, 0.29) is 6.29 Å². The molecule has 144 valence electrons. The molecule has 24 heavy (non-hydrogen) atoms. The van der Waals surface area contributed by atoms with Crippen molar-refractivity contribution in [1.29, 1.82) is 0 Å². The van der Waals surface area contributed by atoms with Crippen molar-refractivity contribution in [2.75, 3.05) is 13.2 Å². The van der Waals surface area contributed by atoms with Crippen LogP contribution in [0.2, 0.25) is 0 Å². The van der Waals surface area contributed by atoms with Gasteiger partial charge in [0, 0.05) is 0 Å². The second kappa shape index (κ2) is 11.0. The number of aliphatic hydroxyl groups is 10. The van der Waals surface area contributed by atoms with Crippen LogP contribution in [0.15, 0.2) is 0 Å². The van der Waals surface area contributed by atoms with Gasteiger partial charge in [-0.1, -0.05) is 0 Å². The number of aldehydes is 1. The lowest BCUT2D eigenvalue weighted by molar-refractivity contribution is -0.286. The van der Waals surface area contributed by atoms with Gasteiger partial charge in [0.2, 0.25) is 0 Å². The first-order valence-electron chi connectivity index (χ1n) is 6.89. The molecule has 0 spiro atoms. The Balaban J connectivity index is 0.000000441. The molecule has 0 aromatic rings. The van der Waals surface area contributed by atoms with Gasteiger partial charge >= 0.3 is 0 Å². The van der Waals surface area contributed by atoms with E-state index in [9.17, 15) is 4.79 Å². The smallest absolute Gasteiger partial charge is 0.184 e. The topological polar surface area (TPSA) is 229 Å². The van der Waals surface area contributed by atoms with Crippen molar-refractivity contribution < 1.29 is 60.6 Å². The summed E-state index contributed by atoms with van der Waals surface area (Å²) in [4.78, 5) is 9.90. The number of carbonyl (C=O) groups excluding carboxylic acids is 1. The molecule has 1 fully saturated rings. The van der Waals surface area contributed by atoms with Crippen molar-refractivity contribution in [3.8, 4) is 0 Å². The zero-order valence-electron chi connectivity index (χ0n) is 12.5. The van der Waals surface area contributed by atoms with Crippen molar-refractivity contribution in [2.45, 2.75) is 55.1 Å². The minimum Gasteiger partial charge on any atom is -0.394 e. The highest BCUT2D eigenvalue weighted by Gasteiger charge is 2.42. The number of aliphatic hydroxyl groups excluding tert-OH is 10. The van der Waals surface area contributed by atoms with Crippen LogP contribution in [-0.2, 0) is 9.53 Å². The summed E-state index contributed by atoms with van der Waals surface area (Å²) < 4.78 is 4.58. The fraction of sp³-hybridized carbons (Fsp3) is 0.917. The zero-order chi connectivity index (χ0) is 19.0. The molecule has 1 rings (SSSR count). The van der Waals surface area contributed by atoms with Gasteiger partial charge in [0.15, 0.2) is 12.6 Å². The van der Waals surface area contributed by atoms with Gasteiger partial charge in [-0.3, -0.25) is 0 Å². The van der Waals surface area contributed by atoms with Crippen LogP contribution in [0, 0.1) is 0 Å². The van der Waals surface area contributed by atoms with Crippen LogP contribution < -0.4 is 0 Å². The molecular weight excluding hydrogens is 336 g/mol. The van der Waals surface area contributed by atoms with Crippen LogP contribution in [0.25, 0.3) is 0 Å². The Bertz CT molecular complexity index is 350. The summed E-state index contributed by atoms with van der Waals surface area (Å²) in [6.45, 7) is -1.29. The number of rotatable bonds is 6. The molecule has 0 radical (unpaired) electrons. The fourth-order valence-electron chi connectivity index (χ4n) is 1.70. The van der Waals surface area contributed by atoms with Crippen LogP contribution in [0.1, 0.15) is 0 Å². The highest BCUT2D eigenvalue weighted by Crippen LogP contribution is 2.19. The maximum Gasteiger partial charge on any atom is 0.184 e. The van der Waals surface area contributed by atoms with Crippen molar-refractivity contribution in [2.24, 2.45) is 0 Å². The third-order valence-electron chi connectivity index (χ3n) is 3.29. The van der Waals surface area contributed by atoms with Gasteiger partial charge in [0.25, 0.3) is 0 Å². The summed E-state index contributed by atoms with van der Waals surface area (Å²) in [7, 11) is 0. The van der Waals surface area contributed by atoms with Gasteiger partial charge in [-0.05, 0) is 0 Å². The van der Waals surface area contributed by atoms with Crippen LogP contribution in [0.4, 0.5) is 0 Å². The van der Waals surface area contributed by atoms with E-state index in [2.05, 4.69) is 4.74 Å². The molecule has 1 heterocycles. The summed E-state index contributed by atoms with van der Waals surface area (Å²) in [6, 6.07) is 0. The Kier molecular flexibility index (Phi) is 10.6. The first kappa shape index (κ1) is 23.2. The molecule has 0 aromatic heterocycles. The number of ether oxygens (including phenoxy) is 1. The molecule has 12 heteroatoms. The number of hydrogen-bond donors (Lipinski definition) is 10. The van der Waals surface area contributed by atoms with Gasteiger partial charge in [0.1, 0.15) is 48.8 Å². The molecule has 0 amide bonds. The Morgan fingerprint density at radius 1 is 0.875 bits per heavy atom. The third-order valence-corrected chi connectivity index (χ3v) is 3.29. The standard InChI is InChI=1S/2C6H12O6/c7-1-2-3(8)4(9)5(10)6(11)12-2;7-1-3(9)5(11)6(12)4(10)2-8/h2-11H,1H2;1,3-6,8-12H,2H2/t2-,3-,4+,5+,6+;/m1./s1. The van der Waals surface area contributed by atoms with E-state index in [4.69, 9.17) is 51.1 Å². The first-order chi connectivity index (χ1) is 11.1. The average Bonchev–Trinajstić information content (AvgIpc) is 2.60. The monoisotopic (exact) mass is 360 g/mol. The lowest BCUT2D eigenvalue weighted by Gasteiger charge is -2.37. The van der Waals surface area contributed by atoms with E-state index in [0.717, 1.165) is 0 Å². The Labute approximate surface area is 136 Å². The lowest BCUT2D eigenvalue weighted by Crippen LogP contribution is -2.58. The first-order valence-corrected chi connectivity index (χ1v) is 6.89. The predicted molar refractivity (Wildman–Crippen MR) is 73.2 cm³/mol. The minimum absolute atomic E-state index is 0.0258. The molecule has 0 aromatic carbocycles. The summed E-state index contributed by atoms with van der Waals surface area (Å²) in [6.07, 6.45) is -13.9. The molecule has 1 saturated heterocycles. The second-order valence-corrected chi connectivity index (χ2v) is 5.08. The molecule has 10 N–H and O–H groups in total. The second-order valence-electron chi connectivity index (χ2n) is 5.08. The van der Waals surface area contributed by atoms with Crippen molar-refractivity contribution in [3.63, 3.8) is 0 Å². The van der Waals surface area contributed by atoms with Crippen LogP contribution in [-0.4, -0.2) is 126 Å². The normalized spacial score (nSPS) is 35.2. The van der Waals surface area contributed by atoms with E-state index in [1.807, 2.05) is 0 Å². The molecule has 1 aliphatic rings. The molecule has 12 nitrogen and oxygen atoms in total. The summed E-state index contributed by atoms with van der Waals surface area (Å²) in [5, 5.41) is 88.2. The number of carbonyl (C=O) groups is 1. The Morgan fingerprint density at radius 2 is 1.42 bits per heavy atom. The van der Waals surface area contributed by atoms with Crippen LogP contribution >= 0.6 is 0 Å². The highest BCUT2D eigenvalue weighted by molar-refractivity contribution is 5.56. The SMILES string of the molecule is O=CC(O)C(O)C(O)C(O)CO.OC[C@H]1O[C@H](O)[C@@H](O)[C@@H](O)[C@@H]1O. The molecule has 0 saturated carbocycles. The van der Waals surface area contributed by atoms with Crippen molar-refractivity contribution in [1.82, 2.24) is 0 Å². The minimum atomic E-state index is -1.79. The summed E-state index contributed by atoms with van der Waals surface area (Å²) in [5.41, 5.74) is 0. The van der Waals surface area contributed by atoms with Gasteiger partial charge < -0.3 is 60.6 Å². The summed E-state index contributed by atoms with van der Waals surface area (Å²) >= 11 is 0. The average molecular weight is 360 g/mol. The van der Waals surface area contributed by atoms with E-state index >= 15 is 0 Å². The lowest BCUT2D eigenvalue weighted by atomic mass is 10.00. The van der Waals surface area contributed by atoms with E-state index in [1.54, 1.807) is 0 Å². The van der Waals surface area contributed by atoms with Gasteiger partial charge in [-0.25, -0.2) is 0 Å². The fourth-order valence-corrected chi connectivity index (χ4v) is 1.70. The summed E-state index contributed by atoms with van der Waals surface area (Å²) in [5.74, 6) is 0. The van der Waals surface area contributed by atoms with E-state index in [0.29, 0.717) is 0 Å². The maximum absolute atomic E-state index is 9.90. The molecule has 4 unspecified atom stereocenters. The Morgan fingerprint density at radius 3 is 1.83 bits per heavy atom. The van der Waals surface area contributed by atoms with Gasteiger partial charge in [-0.15, -0.1) is 0 Å². The van der Waals surface area contributed by atoms with Crippen molar-refractivity contribution >= 4 is 6.29 Å². The third kappa shape index (κ3) is 6.27. The predicted octanol–water partition coefficient (Wildman–Crippen LogP) is -6.60. The zero-order valence-corrected chi connectivity index (χ0v) is 12.5. The molecule has 0 bridgehead atoms. The molecule has 0 aliphatic carbocycles. The number of hydrogen-bond acceptors (Lipinski definition) is 12. The Hall–Kier alpha value is -0.770. The van der Waals surface area contributed by atoms with Crippen LogP contribution in [0.3, 0.4) is 0 Å². The highest BCUT2D eigenvalue weighted by atomic mass is 16.6. The van der Waals surface area contributed by atoms with E-state index in [1.165, 1.54) is 0 Å². The van der Waals surface area contributed by atoms with Crippen LogP contribution in [0.5, 0.6) is 0 Å².